The van der Waals surface area contributed by atoms with Crippen molar-refractivity contribution in [3.63, 3.8) is 0 Å². The van der Waals surface area contributed by atoms with Gasteiger partial charge in [0.2, 0.25) is 5.91 Å². The number of rotatable bonds is 6. The first-order valence-corrected chi connectivity index (χ1v) is 8.72. The first-order valence-electron chi connectivity index (χ1n) is 7.74. The zero-order valence-corrected chi connectivity index (χ0v) is 14.3. The van der Waals surface area contributed by atoms with Crippen molar-refractivity contribution in [2.45, 2.75) is 18.4 Å². The minimum atomic E-state index is 0.00281. The van der Waals surface area contributed by atoms with Crippen molar-refractivity contribution in [1.82, 2.24) is 9.55 Å². The minimum Gasteiger partial charge on any atom is -0.333 e. The van der Waals surface area contributed by atoms with Crippen LogP contribution in [0.2, 0.25) is 0 Å². The van der Waals surface area contributed by atoms with Crippen molar-refractivity contribution in [3.8, 4) is 0 Å². The van der Waals surface area contributed by atoms with E-state index in [0.29, 0.717) is 5.75 Å². The van der Waals surface area contributed by atoms with E-state index in [0.717, 1.165) is 22.7 Å². The molecule has 2 aromatic carbocycles. The van der Waals surface area contributed by atoms with Gasteiger partial charge in [-0.3, -0.25) is 4.79 Å². The van der Waals surface area contributed by atoms with Gasteiger partial charge in [-0.15, -0.1) is 11.8 Å². The Kier molecular flexibility index (Phi) is 5.33. The summed E-state index contributed by atoms with van der Waals surface area (Å²) in [7, 11) is 0. The minimum absolute atomic E-state index is 0.00281. The molecule has 1 heterocycles. The molecule has 0 saturated carbocycles. The predicted octanol–water partition coefficient (Wildman–Crippen LogP) is 3.97. The van der Waals surface area contributed by atoms with Crippen LogP contribution in [0.15, 0.2) is 72.1 Å². The van der Waals surface area contributed by atoms with Crippen LogP contribution in [0, 0.1) is 6.92 Å². The summed E-state index contributed by atoms with van der Waals surface area (Å²) in [6.45, 7) is 2.79. The Morgan fingerprint density at radius 2 is 2.08 bits per heavy atom. The van der Waals surface area contributed by atoms with Gasteiger partial charge in [0.05, 0.1) is 12.1 Å². The molecule has 3 rings (SSSR count). The molecular weight excluding hydrogens is 318 g/mol. The van der Waals surface area contributed by atoms with Crippen molar-refractivity contribution >= 4 is 23.4 Å². The standard InChI is InChI=1S/C19H19N3OS/c1-15-5-2-3-8-18(15)24-13-19(23)21-17-7-4-6-16(11-17)12-22-10-9-20-14-22/h2-11,14H,12-13H2,1H3,(H,21,23). The molecule has 24 heavy (non-hydrogen) atoms. The summed E-state index contributed by atoms with van der Waals surface area (Å²) in [5.41, 5.74) is 3.14. The first kappa shape index (κ1) is 16.3. The van der Waals surface area contributed by atoms with Crippen molar-refractivity contribution in [1.29, 1.82) is 0 Å². The van der Waals surface area contributed by atoms with Crippen LogP contribution in [0.4, 0.5) is 5.69 Å². The van der Waals surface area contributed by atoms with Crippen molar-refractivity contribution in [2.75, 3.05) is 11.1 Å². The van der Waals surface area contributed by atoms with Crippen LogP contribution in [0.1, 0.15) is 11.1 Å². The van der Waals surface area contributed by atoms with Crippen molar-refractivity contribution < 1.29 is 4.79 Å². The van der Waals surface area contributed by atoms with Gasteiger partial charge in [0.25, 0.3) is 0 Å². The number of imidazole rings is 1. The molecule has 0 atom stereocenters. The number of thioether (sulfide) groups is 1. The number of carbonyl (C=O) groups excluding carboxylic acids is 1. The molecule has 1 N–H and O–H groups in total. The molecule has 0 aliphatic carbocycles. The number of amides is 1. The number of carbonyl (C=O) groups is 1. The molecule has 0 bridgehead atoms. The molecule has 0 fully saturated rings. The number of nitrogens with one attached hydrogen (secondary N) is 1. The monoisotopic (exact) mass is 337 g/mol. The topological polar surface area (TPSA) is 46.9 Å². The summed E-state index contributed by atoms with van der Waals surface area (Å²) in [6.07, 6.45) is 5.46. The number of hydrogen-bond donors (Lipinski definition) is 1. The average Bonchev–Trinajstić information content (AvgIpc) is 3.07. The fourth-order valence-corrected chi connectivity index (χ4v) is 3.23. The maximum Gasteiger partial charge on any atom is 0.234 e. The number of anilines is 1. The highest BCUT2D eigenvalue weighted by atomic mass is 32.2. The molecular formula is C19H19N3OS. The highest BCUT2D eigenvalue weighted by Crippen LogP contribution is 2.22. The maximum absolute atomic E-state index is 12.2. The van der Waals surface area contributed by atoms with Gasteiger partial charge < -0.3 is 9.88 Å². The average molecular weight is 337 g/mol. The summed E-state index contributed by atoms with van der Waals surface area (Å²) < 4.78 is 2.00. The van der Waals surface area contributed by atoms with Crippen molar-refractivity contribution in [2.24, 2.45) is 0 Å². The lowest BCUT2D eigenvalue weighted by Crippen LogP contribution is -2.14. The van der Waals surface area contributed by atoms with E-state index >= 15 is 0 Å². The third-order valence-corrected chi connectivity index (χ3v) is 4.76. The van der Waals surface area contributed by atoms with E-state index in [4.69, 9.17) is 0 Å². The molecule has 1 amide bonds. The number of benzene rings is 2. The maximum atomic E-state index is 12.2. The van der Waals surface area contributed by atoms with Crippen LogP contribution in [0.5, 0.6) is 0 Å². The second-order valence-corrected chi connectivity index (χ2v) is 6.55. The van der Waals surface area contributed by atoms with Gasteiger partial charge in [-0.2, -0.15) is 0 Å². The van der Waals surface area contributed by atoms with Crippen LogP contribution in [-0.2, 0) is 11.3 Å². The van der Waals surface area contributed by atoms with E-state index in [1.165, 1.54) is 5.56 Å². The Hall–Kier alpha value is -2.53. The van der Waals surface area contributed by atoms with Gasteiger partial charge in [0.15, 0.2) is 0 Å². The predicted molar refractivity (Wildman–Crippen MR) is 98.3 cm³/mol. The van der Waals surface area contributed by atoms with Crippen LogP contribution in [-0.4, -0.2) is 21.2 Å². The Morgan fingerprint density at radius 1 is 1.21 bits per heavy atom. The third-order valence-electron chi connectivity index (χ3n) is 3.59. The second kappa shape index (κ2) is 7.84. The summed E-state index contributed by atoms with van der Waals surface area (Å²) in [5, 5.41) is 2.97. The molecule has 4 nitrogen and oxygen atoms in total. The lowest BCUT2D eigenvalue weighted by atomic mass is 10.2. The smallest absolute Gasteiger partial charge is 0.234 e. The largest absolute Gasteiger partial charge is 0.333 e. The highest BCUT2D eigenvalue weighted by molar-refractivity contribution is 8.00. The molecule has 0 aliphatic rings. The normalized spacial score (nSPS) is 10.5. The van der Waals surface area contributed by atoms with E-state index in [1.54, 1.807) is 24.3 Å². The summed E-state index contributed by atoms with van der Waals surface area (Å²) in [5.74, 6) is 0.402. The molecule has 0 aliphatic heterocycles. The van der Waals surface area contributed by atoms with Gasteiger partial charge in [-0.05, 0) is 36.2 Å². The zero-order chi connectivity index (χ0) is 16.8. The summed E-state index contributed by atoms with van der Waals surface area (Å²) in [6, 6.07) is 16.0. The Balaban J connectivity index is 1.57. The Morgan fingerprint density at radius 3 is 2.88 bits per heavy atom. The van der Waals surface area contributed by atoms with Crippen molar-refractivity contribution in [3.05, 3.63) is 78.4 Å². The molecule has 1 aromatic heterocycles. The second-order valence-electron chi connectivity index (χ2n) is 5.54. The first-order chi connectivity index (χ1) is 11.7. The van der Waals surface area contributed by atoms with Gasteiger partial charge in [-0.25, -0.2) is 4.98 Å². The van der Waals surface area contributed by atoms with Gasteiger partial charge in [0, 0.05) is 29.5 Å². The highest BCUT2D eigenvalue weighted by Gasteiger charge is 2.06. The van der Waals surface area contributed by atoms with E-state index in [1.807, 2.05) is 53.2 Å². The molecule has 0 unspecified atom stereocenters. The van der Waals surface area contributed by atoms with Gasteiger partial charge in [0.1, 0.15) is 0 Å². The number of aryl methyl sites for hydroxylation is 1. The molecule has 0 radical (unpaired) electrons. The fourth-order valence-electron chi connectivity index (χ4n) is 2.40. The zero-order valence-electron chi connectivity index (χ0n) is 13.5. The van der Waals surface area contributed by atoms with E-state index in [9.17, 15) is 4.79 Å². The van der Waals surface area contributed by atoms with Gasteiger partial charge in [-0.1, -0.05) is 30.3 Å². The lowest BCUT2D eigenvalue weighted by molar-refractivity contribution is -0.113. The van der Waals surface area contributed by atoms with E-state index in [-0.39, 0.29) is 5.91 Å². The fraction of sp³-hybridized carbons (Fsp3) is 0.158. The van der Waals surface area contributed by atoms with Crippen LogP contribution in [0.25, 0.3) is 0 Å². The molecule has 5 heteroatoms. The summed E-state index contributed by atoms with van der Waals surface area (Å²) in [4.78, 5) is 17.4. The quantitative estimate of drug-likeness (QED) is 0.692. The van der Waals surface area contributed by atoms with E-state index in [2.05, 4.69) is 23.3 Å². The van der Waals surface area contributed by atoms with Crippen LogP contribution in [0.3, 0.4) is 0 Å². The Labute approximate surface area is 145 Å². The number of aromatic nitrogens is 2. The lowest BCUT2D eigenvalue weighted by Gasteiger charge is -2.09. The number of nitrogens with zero attached hydrogens (tertiary/aromatic N) is 2. The molecule has 122 valence electrons. The summed E-state index contributed by atoms with van der Waals surface area (Å²) >= 11 is 1.56. The molecule has 0 spiro atoms. The van der Waals surface area contributed by atoms with Crippen LogP contribution >= 0.6 is 11.8 Å². The van der Waals surface area contributed by atoms with Gasteiger partial charge >= 0.3 is 0 Å². The molecule has 3 aromatic rings. The van der Waals surface area contributed by atoms with E-state index < -0.39 is 0 Å². The molecule has 0 saturated heterocycles. The number of hydrogen-bond acceptors (Lipinski definition) is 3. The SMILES string of the molecule is Cc1ccccc1SCC(=O)Nc1cccc(Cn2ccnc2)c1. The Bertz CT molecular complexity index is 815. The van der Waals surface area contributed by atoms with Crippen LogP contribution < -0.4 is 5.32 Å². The third kappa shape index (κ3) is 4.49.